The maximum absolute atomic E-state index is 12.8. The van der Waals surface area contributed by atoms with Crippen LogP contribution in [0.4, 0.5) is 4.79 Å². The van der Waals surface area contributed by atoms with Crippen molar-refractivity contribution in [2.24, 2.45) is 5.92 Å². The van der Waals surface area contributed by atoms with E-state index in [1.807, 2.05) is 0 Å². The average molecular weight is 364 g/mol. The van der Waals surface area contributed by atoms with E-state index < -0.39 is 12.1 Å². The van der Waals surface area contributed by atoms with E-state index in [-0.39, 0.29) is 24.8 Å². The molecule has 1 N–H and O–H groups in total. The predicted octanol–water partition coefficient (Wildman–Crippen LogP) is 1.61. The maximum Gasteiger partial charge on any atom is 0.358 e. The molecule has 0 aromatic heterocycles. The van der Waals surface area contributed by atoms with Crippen LogP contribution in [0.5, 0.6) is 0 Å². The van der Waals surface area contributed by atoms with Crippen LogP contribution in [-0.2, 0) is 14.4 Å². The zero-order valence-electron chi connectivity index (χ0n) is 15.2. The van der Waals surface area contributed by atoms with Gasteiger partial charge in [-0.2, -0.15) is 0 Å². The first-order chi connectivity index (χ1) is 12.6. The fourth-order valence-electron chi connectivity index (χ4n) is 4.15. The van der Waals surface area contributed by atoms with Crippen molar-refractivity contribution in [3.63, 3.8) is 0 Å². The van der Waals surface area contributed by atoms with Gasteiger partial charge in [-0.3, -0.25) is 15.0 Å². The molecule has 0 radical (unpaired) electrons. The van der Waals surface area contributed by atoms with Crippen LogP contribution >= 0.6 is 0 Å². The highest BCUT2D eigenvalue weighted by Crippen LogP contribution is 2.27. The van der Waals surface area contributed by atoms with Gasteiger partial charge in [-0.15, -0.1) is 0 Å². The van der Waals surface area contributed by atoms with Crippen molar-refractivity contribution in [2.45, 2.75) is 70.3 Å². The van der Waals surface area contributed by atoms with E-state index >= 15 is 0 Å². The van der Waals surface area contributed by atoms with Gasteiger partial charge in [0.15, 0.2) is 0 Å². The number of rotatable bonds is 5. The Morgan fingerprint density at radius 1 is 1.08 bits per heavy atom. The molecule has 1 aliphatic carbocycles. The minimum absolute atomic E-state index is 0.130. The standard InChI is InChI=1S/C18H28N4O4/c23-13-15-7-4-11-21-17(25)10-12-20(18(26)22(15)21)19-16(24)9-8-14-5-2-1-3-6-14/h13-15H,1-12H2,(H,19,24)/t15-/m0/s1. The van der Waals surface area contributed by atoms with Gasteiger partial charge in [-0.25, -0.2) is 19.8 Å². The molecule has 0 aromatic rings. The smallest absolute Gasteiger partial charge is 0.301 e. The summed E-state index contributed by atoms with van der Waals surface area (Å²) in [6.45, 7) is 0.559. The first-order valence-corrected chi connectivity index (χ1v) is 9.76. The second kappa shape index (κ2) is 8.51. The van der Waals surface area contributed by atoms with E-state index in [4.69, 9.17) is 0 Å². The molecule has 3 fully saturated rings. The Labute approximate surface area is 153 Å². The highest BCUT2D eigenvalue weighted by Gasteiger charge is 2.40. The third-order valence-electron chi connectivity index (χ3n) is 5.63. The van der Waals surface area contributed by atoms with Crippen molar-refractivity contribution in [1.82, 2.24) is 20.5 Å². The molecule has 3 rings (SSSR count). The number of carbonyl (C=O) groups excluding carboxylic acids is 4. The van der Waals surface area contributed by atoms with Gasteiger partial charge in [0.25, 0.3) is 0 Å². The molecule has 26 heavy (non-hydrogen) atoms. The first kappa shape index (κ1) is 18.7. The number of nitrogens with one attached hydrogen (secondary N) is 1. The van der Waals surface area contributed by atoms with E-state index in [0.29, 0.717) is 38.0 Å². The fourth-order valence-corrected chi connectivity index (χ4v) is 4.15. The average Bonchev–Trinajstić information content (AvgIpc) is 2.79. The monoisotopic (exact) mass is 364 g/mol. The summed E-state index contributed by atoms with van der Waals surface area (Å²) in [6, 6.07) is -1.15. The van der Waals surface area contributed by atoms with Crippen LogP contribution in [0.3, 0.4) is 0 Å². The minimum atomic E-state index is -0.653. The van der Waals surface area contributed by atoms with E-state index in [1.54, 1.807) is 0 Å². The normalized spacial score (nSPS) is 24.9. The maximum atomic E-state index is 12.8. The highest BCUT2D eigenvalue weighted by molar-refractivity contribution is 5.88. The molecular weight excluding hydrogens is 336 g/mol. The molecule has 0 bridgehead atoms. The fraction of sp³-hybridized carbons (Fsp3) is 0.778. The van der Waals surface area contributed by atoms with Gasteiger partial charge in [-0.1, -0.05) is 32.1 Å². The molecule has 144 valence electrons. The van der Waals surface area contributed by atoms with Crippen molar-refractivity contribution >= 4 is 24.1 Å². The number of amides is 4. The molecule has 0 spiro atoms. The van der Waals surface area contributed by atoms with Crippen LogP contribution in [0, 0.1) is 5.92 Å². The number of aldehydes is 1. The first-order valence-electron chi connectivity index (χ1n) is 9.76. The molecule has 2 heterocycles. The molecule has 1 saturated carbocycles. The number of nitrogens with zero attached hydrogens (tertiary/aromatic N) is 3. The Morgan fingerprint density at radius 2 is 1.85 bits per heavy atom. The zero-order chi connectivity index (χ0) is 18.5. The molecule has 0 aromatic carbocycles. The molecule has 4 amide bonds. The summed E-state index contributed by atoms with van der Waals surface area (Å²) in [4.78, 5) is 48.8. The second-order valence-corrected chi connectivity index (χ2v) is 7.47. The van der Waals surface area contributed by atoms with Crippen LogP contribution in [0.25, 0.3) is 0 Å². The van der Waals surface area contributed by atoms with E-state index in [9.17, 15) is 19.2 Å². The van der Waals surface area contributed by atoms with E-state index in [0.717, 1.165) is 6.42 Å². The van der Waals surface area contributed by atoms with Crippen molar-refractivity contribution in [2.75, 3.05) is 13.1 Å². The van der Waals surface area contributed by atoms with Crippen molar-refractivity contribution < 1.29 is 19.2 Å². The Balaban J connectivity index is 1.59. The summed E-state index contributed by atoms with van der Waals surface area (Å²) in [7, 11) is 0. The lowest BCUT2D eigenvalue weighted by Crippen LogP contribution is -2.61. The summed E-state index contributed by atoms with van der Waals surface area (Å²) in [5.74, 6) is 0.196. The number of hydrogen-bond acceptors (Lipinski definition) is 4. The lowest BCUT2D eigenvalue weighted by atomic mass is 9.86. The molecule has 0 unspecified atom stereocenters. The van der Waals surface area contributed by atoms with Crippen molar-refractivity contribution in [1.29, 1.82) is 0 Å². The lowest BCUT2D eigenvalue weighted by Gasteiger charge is -2.41. The molecule has 3 aliphatic rings. The van der Waals surface area contributed by atoms with Crippen LogP contribution in [0.2, 0.25) is 0 Å². The summed E-state index contributed by atoms with van der Waals surface area (Å²) in [5.41, 5.74) is 2.65. The van der Waals surface area contributed by atoms with Gasteiger partial charge < -0.3 is 4.79 Å². The summed E-state index contributed by atoms with van der Waals surface area (Å²) >= 11 is 0. The molecular formula is C18H28N4O4. The quantitative estimate of drug-likeness (QED) is 0.751. The van der Waals surface area contributed by atoms with Gasteiger partial charge in [-0.05, 0) is 25.2 Å². The lowest BCUT2D eigenvalue weighted by molar-refractivity contribution is -0.151. The third-order valence-corrected chi connectivity index (χ3v) is 5.63. The Bertz CT molecular complexity index is 561. The summed E-state index contributed by atoms with van der Waals surface area (Å²) < 4.78 is 0. The van der Waals surface area contributed by atoms with Crippen LogP contribution in [0.1, 0.15) is 64.2 Å². The van der Waals surface area contributed by atoms with Crippen molar-refractivity contribution in [3.05, 3.63) is 0 Å². The van der Waals surface area contributed by atoms with Gasteiger partial charge in [0.1, 0.15) is 12.3 Å². The predicted molar refractivity (Wildman–Crippen MR) is 93.3 cm³/mol. The van der Waals surface area contributed by atoms with E-state index in [2.05, 4.69) is 5.43 Å². The Kier molecular flexibility index (Phi) is 6.11. The Morgan fingerprint density at radius 3 is 2.58 bits per heavy atom. The number of fused-ring (bicyclic) bond motifs is 1. The number of carbonyl (C=O) groups is 4. The van der Waals surface area contributed by atoms with Crippen LogP contribution in [-0.4, -0.2) is 58.3 Å². The van der Waals surface area contributed by atoms with Crippen LogP contribution in [0.15, 0.2) is 0 Å². The van der Waals surface area contributed by atoms with Gasteiger partial charge in [0.2, 0.25) is 11.8 Å². The molecule has 8 nitrogen and oxygen atoms in total. The SMILES string of the molecule is O=C[C@@H]1CCCN2C(=O)CCN(NC(=O)CCC3CCCCC3)C(=O)N12. The molecule has 2 aliphatic heterocycles. The third kappa shape index (κ3) is 4.16. The Hall–Kier alpha value is -2.12. The number of urea groups is 1. The zero-order valence-corrected chi connectivity index (χ0v) is 15.2. The van der Waals surface area contributed by atoms with Gasteiger partial charge in [0, 0.05) is 19.4 Å². The van der Waals surface area contributed by atoms with E-state index in [1.165, 1.54) is 47.1 Å². The topological polar surface area (TPSA) is 90.0 Å². The van der Waals surface area contributed by atoms with Crippen LogP contribution < -0.4 is 5.43 Å². The number of hydrazine groups is 2. The largest absolute Gasteiger partial charge is 0.358 e. The summed E-state index contributed by atoms with van der Waals surface area (Å²) in [5, 5.41) is 3.77. The van der Waals surface area contributed by atoms with Gasteiger partial charge in [0.05, 0.1) is 6.54 Å². The second-order valence-electron chi connectivity index (χ2n) is 7.47. The van der Waals surface area contributed by atoms with Crippen molar-refractivity contribution in [3.8, 4) is 0 Å². The van der Waals surface area contributed by atoms with Gasteiger partial charge >= 0.3 is 6.03 Å². The molecule has 2 saturated heterocycles. The minimum Gasteiger partial charge on any atom is -0.301 e. The molecule has 8 heteroatoms. The highest BCUT2D eigenvalue weighted by atomic mass is 16.2. The molecule has 1 atom stereocenters. The number of hydrogen-bond donors (Lipinski definition) is 1. The summed E-state index contributed by atoms with van der Waals surface area (Å²) in [6.07, 6.45) is 9.36.